The van der Waals surface area contributed by atoms with Gasteiger partial charge in [-0.3, -0.25) is 0 Å². The van der Waals surface area contributed by atoms with Gasteiger partial charge in [-0.15, -0.1) is 0 Å². The molecule has 4 nitrogen and oxygen atoms in total. The molecule has 1 rings (SSSR count). The molecular weight excluding hydrogens is 204 g/mol. The molecule has 0 bridgehead atoms. The zero-order chi connectivity index (χ0) is 11.8. The fraction of sp³-hybridized carbons (Fsp3) is 0.250. The third-order valence-corrected chi connectivity index (χ3v) is 1.89. The molecule has 0 amide bonds. The normalized spacial score (nSPS) is 10.3. The predicted molar refractivity (Wildman–Crippen MR) is 65.1 cm³/mol. The number of nitrogen functional groups attached to an aromatic ring is 1. The second-order valence-electron chi connectivity index (χ2n) is 3.22. The highest BCUT2D eigenvalue weighted by Crippen LogP contribution is 2.09. The summed E-state index contributed by atoms with van der Waals surface area (Å²) in [4.78, 5) is 10.9. The van der Waals surface area contributed by atoms with Crippen molar-refractivity contribution in [3.05, 3.63) is 36.4 Å². The van der Waals surface area contributed by atoms with Crippen LogP contribution in [0.2, 0.25) is 0 Å². The van der Waals surface area contributed by atoms with Crippen molar-refractivity contribution in [2.75, 3.05) is 24.2 Å². The number of hydrogen-bond acceptors (Lipinski definition) is 4. The van der Waals surface area contributed by atoms with Gasteiger partial charge in [-0.1, -0.05) is 6.08 Å². The molecule has 0 unspecified atom stereocenters. The lowest BCUT2D eigenvalue weighted by atomic mass is 10.3. The summed E-state index contributed by atoms with van der Waals surface area (Å²) in [6.07, 6.45) is 3.04. The number of rotatable bonds is 5. The summed E-state index contributed by atoms with van der Waals surface area (Å²) in [5.74, 6) is -0.318. The van der Waals surface area contributed by atoms with E-state index in [-0.39, 0.29) is 5.97 Å². The first-order valence-electron chi connectivity index (χ1n) is 5.11. The minimum absolute atomic E-state index is 0.318. The molecule has 0 atom stereocenters. The van der Waals surface area contributed by atoms with Gasteiger partial charge >= 0.3 is 5.97 Å². The van der Waals surface area contributed by atoms with Crippen LogP contribution >= 0.6 is 0 Å². The standard InChI is InChI=1S/C12H16N2O2/c1-2-3-12(15)16-9-8-14-11-6-4-10(13)5-7-11/h2-7,14H,8-9,13H2,1H3/b3-2+. The maximum absolute atomic E-state index is 10.9. The van der Waals surface area contributed by atoms with Crippen LogP contribution in [0.25, 0.3) is 0 Å². The van der Waals surface area contributed by atoms with Gasteiger partial charge < -0.3 is 15.8 Å². The molecule has 16 heavy (non-hydrogen) atoms. The molecule has 0 saturated carbocycles. The average molecular weight is 220 g/mol. The number of nitrogens with two attached hydrogens (primary N) is 1. The van der Waals surface area contributed by atoms with Gasteiger partial charge in [0.15, 0.2) is 0 Å². The maximum Gasteiger partial charge on any atom is 0.330 e. The van der Waals surface area contributed by atoms with E-state index < -0.39 is 0 Å². The molecule has 1 aromatic carbocycles. The van der Waals surface area contributed by atoms with E-state index in [9.17, 15) is 4.79 Å². The van der Waals surface area contributed by atoms with Crippen LogP contribution in [0.4, 0.5) is 11.4 Å². The first kappa shape index (κ1) is 12.1. The number of nitrogens with one attached hydrogen (secondary N) is 1. The Kier molecular flexibility index (Phi) is 4.92. The summed E-state index contributed by atoms with van der Waals surface area (Å²) in [7, 11) is 0. The summed E-state index contributed by atoms with van der Waals surface area (Å²) < 4.78 is 4.91. The van der Waals surface area contributed by atoms with Crippen LogP contribution in [0.5, 0.6) is 0 Å². The smallest absolute Gasteiger partial charge is 0.330 e. The summed E-state index contributed by atoms with van der Waals surface area (Å²) >= 11 is 0. The maximum atomic E-state index is 10.9. The van der Waals surface area contributed by atoms with Crippen molar-refractivity contribution in [2.24, 2.45) is 0 Å². The molecule has 1 aromatic rings. The van der Waals surface area contributed by atoms with Gasteiger partial charge in [0.05, 0.1) is 0 Å². The van der Waals surface area contributed by atoms with Crippen molar-refractivity contribution in [1.29, 1.82) is 0 Å². The molecular formula is C12H16N2O2. The van der Waals surface area contributed by atoms with Gasteiger partial charge in [0.1, 0.15) is 6.61 Å². The summed E-state index contributed by atoms with van der Waals surface area (Å²) in [6, 6.07) is 7.38. The van der Waals surface area contributed by atoms with Crippen LogP contribution in [0.1, 0.15) is 6.92 Å². The Labute approximate surface area is 95.1 Å². The SMILES string of the molecule is C/C=C/C(=O)OCCNc1ccc(N)cc1. The van der Waals surface area contributed by atoms with E-state index in [1.54, 1.807) is 13.0 Å². The van der Waals surface area contributed by atoms with Gasteiger partial charge in [0, 0.05) is 24.0 Å². The van der Waals surface area contributed by atoms with Gasteiger partial charge in [0.2, 0.25) is 0 Å². The third kappa shape index (κ3) is 4.50. The summed E-state index contributed by atoms with van der Waals surface area (Å²) in [6.45, 7) is 2.69. The van der Waals surface area contributed by atoms with E-state index in [4.69, 9.17) is 10.5 Å². The van der Waals surface area contributed by atoms with Gasteiger partial charge in [-0.2, -0.15) is 0 Å². The van der Waals surface area contributed by atoms with E-state index in [2.05, 4.69) is 5.32 Å². The molecule has 0 aliphatic carbocycles. The Morgan fingerprint density at radius 2 is 2.12 bits per heavy atom. The van der Waals surface area contributed by atoms with Crippen molar-refractivity contribution in [3.8, 4) is 0 Å². The van der Waals surface area contributed by atoms with Crippen molar-refractivity contribution >= 4 is 17.3 Å². The molecule has 3 N–H and O–H groups in total. The second kappa shape index (κ2) is 6.50. The number of allylic oxidation sites excluding steroid dienone is 1. The van der Waals surface area contributed by atoms with Crippen LogP contribution in [-0.4, -0.2) is 19.1 Å². The van der Waals surface area contributed by atoms with Gasteiger partial charge in [-0.25, -0.2) is 4.79 Å². The molecule has 0 saturated heterocycles. The van der Waals surface area contributed by atoms with Crippen LogP contribution in [0, 0.1) is 0 Å². The first-order chi connectivity index (χ1) is 7.72. The largest absolute Gasteiger partial charge is 0.461 e. The van der Waals surface area contributed by atoms with Crippen molar-refractivity contribution < 1.29 is 9.53 Å². The van der Waals surface area contributed by atoms with Crippen LogP contribution in [-0.2, 0) is 9.53 Å². The highest BCUT2D eigenvalue weighted by molar-refractivity contribution is 5.81. The Bertz CT molecular complexity index is 358. The average Bonchev–Trinajstić information content (AvgIpc) is 2.27. The molecule has 0 fully saturated rings. The van der Waals surface area contributed by atoms with E-state index in [1.807, 2.05) is 24.3 Å². The number of esters is 1. The molecule has 0 aliphatic rings. The zero-order valence-electron chi connectivity index (χ0n) is 9.27. The number of ether oxygens (including phenoxy) is 1. The van der Waals surface area contributed by atoms with Crippen LogP contribution in [0.15, 0.2) is 36.4 Å². The number of carbonyl (C=O) groups excluding carboxylic acids is 1. The molecule has 0 aromatic heterocycles. The fourth-order valence-electron chi connectivity index (χ4n) is 1.13. The van der Waals surface area contributed by atoms with E-state index in [0.29, 0.717) is 13.2 Å². The molecule has 86 valence electrons. The van der Waals surface area contributed by atoms with E-state index >= 15 is 0 Å². The van der Waals surface area contributed by atoms with Crippen molar-refractivity contribution in [2.45, 2.75) is 6.92 Å². The summed E-state index contributed by atoms with van der Waals surface area (Å²) in [5.41, 5.74) is 7.23. The number of hydrogen-bond donors (Lipinski definition) is 2. The minimum Gasteiger partial charge on any atom is -0.461 e. The quantitative estimate of drug-likeness (QED) is 0.344. The van der Waals surface area contributed by atoms with E-state index in [0.717, 1.165) is 11.4 Å². The lowest BCUT2D eigenvalue weighted by molar-refractivity contribution is -0.137. The topological polar surface area (TPSA) is 64.3 Å². The fourth-order valence-corrected chi connectivity index (χ4v) is 1.13. The van der Waals surface area contributed by atoms with Crippen molar-refractivity contribution in [3.63, 3.8) is 0 Å². The molecule has 0 spiro atoms. The predicted octanol–water partition coefficient (Wildman–Crippen LogP) is 1.80. The third-order valence-electron chi connectivity index (χ3n) is 1.89. The highest BCUT2D eigenvalue weighted by Gasteiger charge is 1.95. The molecule has 0 radical (unpaired) electrons. The molecule has 4 heteroatoms. The molecule has 0 heterocycles. The lowest BCUT2D eigenvalue weighted by Crippen LogP contribution is -2.12. The second-order valence-corrected chi connectivity index (χ2v) is 3.22. The van der Waals surface area contributed by atoms with Crippen molar-refractivity contribution in [1.82, 2.24) is 0 Å². The monoisotopic (exact) mass is 220 g/mol. The summed E-state index contributed by atoms with van der Waals surface area (Å²) in [5, 5.41) is 3.11. The Hall–Kier alpha value is -1.97. The van der Waals surface area contributed by atoms with Crippen LogP contribution in [0.3, 0.4) is 0 Å². The Morgan fingerprint density at radius 3 is 2.75 bits per heavy atom. The highest BCUT2D eigenvalue weighted by atomic mass is 16.5. The lowest BCUT2D eigenvalue weighted by Gasteiger charge is -2.06. The zero-order valence-corrected chi connectivity index (χ0v) is 9.27. The van der Waals surface area contributed by atoms with Gasteiger partial charge in [0.25, 0.3) is 0 Å². The van der Waals surface area contributed by atoms with E-state index in [1.165, 1.54) is 6.08 Å². The Morgan fingerprint density at radius 1 is 1.44 bits per heavy atom. The minimum atomic E-state index is -0.318. The molecule has 0 aliphatic heterocycles. The first-order valence-corrected chi connectivity index (χ1v) is 5.11. The number of benzene rings is 1. The Balaban J connectivity index is 2.21. The number of carbonyl (C=O) groups is 1. The van der Waals surface area contributed by atoms with Gasteiger partial charge in [-0.05, 0) is 31.2 Å². The van der Waals surface area contributed by atoms with Crippen LogP contribution < -0.4 is 11.1 Å². The number of anilines is 2.